The van der Waals surface area contributed by atoms with Crippen molar-refractivity contribution in [3.8, 4) is 6.07 Å². The van der Waals surface area contributed by atoms with E-state index < -0.39 is 21.9 Å². The second kappa shape index (κ2) is 8.81. The number of nitro benzene ring substituents is 1. The standard InChI is InChI=1S/C19H20N4O5S/c1-4-22-17(26)15(9-12-6-5-7-13(8-12)23(27)28)29-18(22)14(10-20)16(25)21-19(2,3)11-24/h5-9,24H,4,11H2,1-3H3,(H,21,25)/b15-9?,18-14-. The van der Waals surface area contributed by atoms with E-state index in [1.165, 1.54) is 28.8 Å². The Morgan fingerprint density at radius 1 is 1.48 bits per heavy atom. The van der Waals surface area contributed by atoms with Gasteiger partial charge in [0.25, 0.3) is 17.2 Å². The quantitative estimate of drug-likeness (QED) is 0.511. The number of non-ortho nitro benzene ring substituents is 1. The summed E-state index contributed by atoms with van der Waals surface area (Å²) in [4.78, 5) is 35.7. The molecule has 0 aliphatic heterocycles. The van der Waals surface area contributed by atoms with E-state index in [0.717, 1.165) is 11.3 Å². The van der Waals surface area contributed by atoms with Crippen LogP contribution in [0.15, 0.2) is 29.1 Å². The first-order valence-electron chi connectivity index (χ1n) is 8.67. The van der Waals surface area contributed by atoms with Gasteiger partial charge in [0.15, 0.2) is 5.57 Å². The molecule has 1 heterocycles. The number of nitrogens with one attached hydrogen (secondary N) is 1. The van der Waals surface area contributed by atoms with Crippen LogP contribution in [0.5, 0.6) is 0 Å². The van der Waals surface area contributed by atoms with Gasteiger partial charge in [0.1, 0.15) is 10.7 Å². The topological polar surface area (TPSA) is 138 Å². The van der Waals surface area contributed by atoms with Crippen LogP contribution in [0.1, 0.15) is 26.3 Å². The fourth-order valence-corrected chi connectivity index (χ4v) is 3.64. The summed E-state index contributed by atoms with van der Waals surface area (Å²) in [5.41, 5.74) is -1.24. The molecule has 0 aliphatic rings. The number of carbonyl (C=O) groups excluding carboxylic acids is 1. The smallest absolute Gasteiger partial charge is 0.270 e. The van der Waals surface area contributed by atoms with Crippen molar-refractivity contribution in [3.05, 3.63) is 59.5 Å². The van der Waals surface area contributed by atoms with Gasteiger partial charge < -0.3 is 10.4 Å². The zero-order valence-electron chi connectivity index (χ0n) is 16.1. The van der Waals surface area contributed by atoms with Crippen LogP contribution in [0, 0.1) is 21.4 Å². The zero-order chi connectivity index (χ0) is 21.8. The van der Waals surface area contributed by atoms with Crippen molar-refractivity contribution >= 4 is 34.6 Å². The average Bonchev–Trinajstić information content (AvgIpc) is 2.97. The first-order chi connectivity index (χ1) is 13.6. The molecule has 1 amide bonds. The molecule has 1 aromatic carbocycles. The lowest BCUT2D eigenvalue weighted by Gasteiger charge is -2.22. The van der Waals surface area contributed by atoms with Gasteiger partial charge >= 0.3 is 0 Å². The van der Waals surface area contributed by atoms with Crippen LogP contribution in [0.2, 0.25) is 0 Å². The van der Waals surface area contributed by atoms with Gasteiger partial charge in [-0.2, -0.15) is 5.26 Å². The molecule has 0 fully saturated rings. The molecule has 9 nitrogen and oxygen atoms in total. The van der Waals surface area contributed by atoms with E-state index >= 15 is 0 Å². The predicted molar refractivity (Wildman–Crippen MR) is 108 cm³/mol. The SMILES string of the molecule is CCn1c(=O)c(=Cc2cccc([N+](=O)[O-])c2)s/c1=C(/C#N)C(=O)NC(C)(C)CO. The summed E-state index contributed by atoms with van der Waals surface area (Å²) < 4.78 is 1.73. The van der Waals surface area contributed by atoms with Crippen molar-refractivity contribution in [2.24, 2.45) is 0 Å². The molecule has 0 aliphatic carbocycles. The van der Waals surface area contributed by atoms with Gasteiger partial charge in [0.2, 0.25) is 0 Å². The second-order valence-electron chi connectivity index (χ2n) is 6.80. The number of aliphatic hydroxyl groups is 1. The summed E-state index contributed by atoms with van der Waals surface area (Å²) >= 11 is 0.957. The largest absolute Gasteiger partial charge is 0.394 e. The number of nitro groups is 1. The third-order valence-electron chi connectivity index (χ3n) is 4.00. The van der Waals surface area contributed by atoms with E-state index in [4.69, 9.17) is 0 Å². The highest BCUT2D eigenvalue weighted by Gasteiger charge is 2.23. The van der Waals surface area contributed by atoms with Crippen LogP contribution < -0.4 is 20.1 Å². The molecule has 0 unspecified atom stereocenters. The van der Waals surface area contributed by atoms with E-state index in [1.54, 1.807) is 26.8 Å². The normalized spacial score (nSPS) is 13.0. The van der Waals surface area contributed by atoms with Gasteiger partial charge in [-0.3, -0.25) is 24.3 Å². The molecule has 0 saturated heterocycles. The van der Waals surface area contributed by atoms with Gasteiger partial charge in [-0.05, 0) is 32.4 Å². The monoisotopic (exact) mass is 416 g/mol. The molecule has 1 aromatic heterocycles. The molecule has 2 rings (SSSR count). The fraction of sp³-hybridized carbons (Fsp3) is 0.316. The Labute approximate surface area is 170 Å². The third kappa shape index (κ3) is 4.96. The molecule has 152 valence electrons. The van der Waals surface area contributed by atoms with E-state index in [1.807, 2.05) is 6.07 Å². The van der Waals surface area contributed by atoms with Crippen molar-refractivity contribution in [1.82, 2.24) is 9.88 Å². The maximum atomic E-state index is 12.7. The van der Waals surface area contributed by atoms with Crippen molar-refractivity contribution in [2.45, 2.75) is 32.9 Å². The van der Waals surface area contributed by atoms with Gasteiger partial charge in [-0.1, -0.05) is 12.1 Å². The Balaban J connectivity index is 2.70. The first kappa shape index (κ1) is 22.0. The highest BCUT2D eigenvalue weighted by atomic mass is 32.1. The lowest BCUT2D eigenvalue weighted by Crippen LogP contribution is -2.47. The molecule has 10 heteroatoms. The number of hydrogen-bond acceptors (Lipinski definition) is 7. The fourth-order valence-electron chi connectivity index (χ4n) is 2.48. The van der Waals surface area contributed by atoms with E-state index in [9.17, 15) is 30.1 Å². The molecule has 0 bridgehead atoms. The van der Waals surface area contributed by atoms with Crippen LogP contribution in [-0.2, 0) is 11.3 Å². The summed E-state index contributed by atoms with van der Waals surface area (Å²) in [6.07, 6.45) is 1.49. The van der Waals surface area contributed by atoms with Gasteiger partial charge in [0, 0.05) is 18.7 Å². The highest BCUT2D eigenvalue weighted by molar-refractivity contribution is 7.07. The summed E-state index contributed by atoms with van der Waals surface area (Å²) in [6.45, 7) is 4.81. The molecule has 0 atom stereocenters. The van der Waals surface area contributed by atoms with Crippen LogP contribution in [0.4, 0.5) is 5.69 Å². The van der Waals surface area contributed by atoms with Crippen LogP contribution in [-0.4, -0.2) is 32.6 Å². The Bertz CT molecular complexity index is 1170. The number of nitriles is 1. The zero-order valence-corrected chi connectivity index (χ0v) is 16.9. The highest BCUT2D eigenvalue weighted by Crippen LogP contribution is 2.13. The van der Waals surface area contributed by atoms with Crippen molar-refractivity contribution in [3.63, 3.8) is 0 Å². The summed E-state index contributed by atoms with van der Waals surface area (Å²) in [7, 11) is 0. The average molecular weight is 416 g/mol. The van der Waals surface area contributed by atoms with Crippen LogP contribution >= 0.6 is 11.3 Å². The Morgan fingerprint density at radius 3 is 2.72 bits per heavy atom. The van der Waals surface area contributed by atoms with Gasteiger partial charge in [0.05, 0.1) is 21.6 Å². The molecule has 0 radical (unpaired) electrons. The molecular formula is C19H20N4O5S. The number of carbonyl (C=O) groups is 1. The number of hydrogen-bond donors (Lipinski definition) is 2. The minimum atomic E-state index is -0.939. The summed E-state index contributed by atoms with van der Waals surface area (Å²) in [6, 6.07) is 7.64. The molecule has 2 N–H and O–H groups in total. The summed E-state index contributed by atoms with van der Waals surface area (Å²) in [5, 5.41) is 32.4. The van der Waals surface area contributed by atoms with Crippen molar-refractivity contribution < 1.29 is 14.8 Å². The summed E-state index contributed by atoms with van der Waals surface area (Å²) in [5.74, 6) is -0.697. The number of nitrogens with zero attached hydrogens (tertiary/aromatic N) is 3. The number of amides is 1. The number of benzene rings is 1. The predicted octanol–water partition coefficient (Wildman–Crippen LogP) is 0.228. The molecular weight excluding hydrogens is 396 g/mol. The number of thiazole rings is 1. The third-order valence-corrected chi connectivity index (χ3v) is 5.13. The number of aromatic nitrogens is 1. The Kier molecular flexibility index (Phi) is 6.68. The van der Waals surface area contributed by atoms with E-state index in [-0.39, 0.29) is 33.6 Å². The maximum Gasteiger partial charge on any atom is 0.270 e. The van der Waals surface area contributed by atoms with Crippen LogP contribution in [0.3, 0.4) is 0 Å². The van der Waals surface area contributed by atoms with Crippen molar-refractivity contribution in [2.75, 3.05) is 6.61 Å². The van der Waals surface area contributed by atoms with E-state index in [2.05, 4.69) is 5.32 Å². The van der Waals surface area contributed by atoms with E-state index in [0.29, 0.717) is 5.56 Å². The molecule has 0 spiro atoms. The van der Waals surface area contributed by atoms with Crippen molar-refractivity contribution in [1.29, 1.82) is 5.26 Å². The van der Waals surface area contributed by atoms with Gasteiger partial charge in [-0.15, -0.1) is 11.3 Å². The van der Waals surface area contributed by atoms with Gasteiger partial charge in [-0.25, -0.2) is 0 Å². The number of aliphatic hydroxyl groups excluding tert-OH is 1. The lowest BCUT2D eigenvalue weighted by molar-refractivity contribution is -0.384. The Hall–Kier alpha value is -3.29. The minimum Gasteiger partial charge on any atom is -0.394 e. The lowest BCUT2D eigenvalue weighted by atomic mass is 10.1. The second-order valence-corrected chi connectivity index (χ2v) is 7.83. The molecule has 29 heavy (non-hydrogen) atoms. The Morgan fingerprint density at radius 2 is 2.17 bits per heavy atom. The maximum absolute atomic E-state index is 12.7. The minimum absolute atomic E-state index is 0.110. The molecule has 2 aromatic rings. The first-order valence-corrected chi connectivity index (χ1v) is 9.48. The van der Waals surface area contributed by atoms with Crippen LogP contribution in [0.25, 0.3) is 11.6 Å². The molecule has 0 saturated carbocycles. The number of rotatable bonds is 6.